The van der Waals surface area contributed by atoms with Crippen LogP contribution >= 0.6 is 0 Å². The molecule has 70 heavy (non-hydrogen) atoms. The summed E-state index contributed by atoms with van der Waals surface area (Å²) >= 11 is 0. The average molecular weight is 968 g/mol. The highest BCUT2D eigenvalue weighted by Gasteiger charge is 2.37. The normalized spacial score (nSPS) is 16.6. The summed E-state index contributed by atoms with van der Waals surface area (Å²) < 4.78 is 23.4. The van der Waals surface area contributed by atoms with Gasteiger partial charge in [0.25, 0.3) is 0 Å². The molecule has 4 rings (SSSR count). The zero-order chi connectivity index (χ0) is 51.9. The maximum atomic E-state index is 15.0. The summed E-state index contributed by atoms with van der Waals surface area (Å²) in [5.41, 5.74) is 1.07. The van der Waals surface area contributed by atoms with E-state index in [4.69, 9.17) is 18.9 Å². The van der Waals surface area contributed by atoms with Crippen LogP contribution in [0.4, 0.5) is 9.59 Å². The molecule has 17 nitrogen and oxygen atoms in total. The average Bonchev–Trinajstić information content (AvgIpc) is 3.27. The third kappa shape index (κ3) is 16.6. The molecule has 0 aromatic heterocycles. The highest BCUT2D eigenvalue weighted by atomic mass is 16.6. The van der Waals surface area contributed by atoms with E-state index in [0.29, 0.717) is 52.3 Å². The Morgan fingerprint density at radius 3 is 2.09 bits per heavy atom. The predicted octanol–water partition coefficient (Wildman–Crippen LogP) is 7.87. The van der Waals surface area contributed by atoms with E-state index < -0.39 is 77.1 Å². The number of carbonyl (C=O) groups is 7. The van der Waals surface area contributed by atoms with Gasteiger partial charge in [-0.2, -0.15) is 5.26 Å². The quantitative estimate of drug-likeness (QED) is 0.0702. The summed E-state index contributed by atoms with van der Waals surface area (Å²) in [5.74, 6) is -4.33. The van der Waals surface area contributed by atoms with Crippen LogP contribution in [0.2, 0.25) is 0 Å². The number of aryl methyl sites for hydroxylation is 1. The molecule has 378 valence electrons. The monoisotopic (exact) mass is 967 g/mol. The van der Waals surface area contributed by atoms with Crippen molar-refractivity contribution in [3.05, 3.63) is 76.9 Å². The summed E-state index contributed by atoms with van der Waals surface area (Å²) in [7, 11) is 1.43. The van der Waals surface area contributed by atoms with E-state index in [-0.39, 0.29) is 68.9 Å². The molecule has 0 aliphatic carbocycles. The number of alkyl carbamates (subject to hydrolysis) is 2. The Bertz CT molecular complexity index is 2430. The minimum absolute atomic E-state index is 0.00124. The third-order valence-corrected chi connectivity index (χ3v) is 11.2. The van der Waals surface area contributed by atoms with Gasteiger partial charge in [-0.1, -0.05) is 32.0 Å². The highest BCUT2D eigenvalue weighted by Crippen LogP contribution is 2.41. The van der Waals surface area contributed by atoms with Gasteiger partial charge in [-0.15, -0.1) is 0 Å². The summed E-state index contributed by atoms with van der Waals surface area (Å²) in [6.07, 6.45) is -1.71. The first-order valence-corrected chi connectivity index (χ1v) is 23.7. The topological polar surface area (TPSA) is 240 Å². The molecule has 3 aromatic carbocycles. The van der Waals surface area contributed by atoms with E-state index in [1.54, 1.807) is 97.9 Å². The number of hydrogen-bond donors (Lipinski definition) is 4. The van der Waals surface area contributed by atoms with Crippen molar-refractivity contribution in [2.24, 2.45) is 11.8 Å². The number of hydrogen-bond acceptors (Lipinski definition) is 13. The third-order valence-electron chi connectivity index (χ3n) is 11.2. The summed E-state index contributed by atoms with van der Waals surface area (Å²) in [5, 5.41) is 28.2. The van der Waals surface area contributed by atoms with Crippen LogP contribution in [0.3, 0.4) is 0 Å². The van der Waals surface area contributed by atoms with E-state index in [0.717, 1.165) is 0 Å². The first kappa shape index (κ1) is 55.6. The van der Waals surface area contributed by atoms with Gasteiger partial charge in [-0.05, 0) is 121 Å². The number of phenolic OH excluding ortho intramolecular Hbond substituents is 1. The van der Waals surface area contributed by atoms with Crippen molar-refractivity contribution in [1.29, 1.82) is 5.26 Å². The Labute approximate surface area is 410 Å². The number of nitriles is 1. The van der Waals surface area contributed by atoms with Crippen LogP contribution in [-0.2, 0) is 35.1 Å². The van der Waals surface area contributed by atoms with Gasteiger partial charge in [0, 0.05) is 62.2 Å². The van der Waals surface area contributed by atoms with Gasteiger partial charge in [0.05, 0.1) is 30.8 Å². The molecule has 0 radical (unpaired) electrons. The van der Waals surface area contributed by atoms with Crippen molar-refractivity contribution in [2.75, 3.05) is 33.4 Å². The van der Waals surface area contributed by atoms with Crippen LogP contribution < -0.4 is 25.4 Å². The number of nitrogens with zero attached hydrogens (tertiary/aromatic N) is 2. The van der Waals surface area contributed by atoms with Crippen molar-refractivity contribution in [3.8, 4) is 34.4 Å². The Morgan fingerprint density at radius 2 is 1.47 bits per heavy atom. The van der Waals surface area contributed by atoms with E-state index in [1.807, 2.05) is 13.0 Å². The van der Waals surface area contributed by atoms with Crippen LogP contribution in [0.1, 0.15) is 127 Å². The van der Waals surface area contributed by atoms with Gasteiger partial charge >= 0.3 is 12.2 Å². The molecule has 3 aromatic rings. The van der Waals surface area contributed by atoms with Crippen LogP contribution in [0.25, 0.3) is 11.1 Å². The first-order valence-electron chi connectivity index (χ1n) is 23.7. The second-order valence-electron chi connectivity index (χ2n) is 19.6. The number of phenols is 1. The second kappa shape index (κ2) is 25.1. The standard InChI is InChI=1S/C53H69N5O12/c1-11-24-67-46-19-16-35-30-39(46)38-28-34(15-18-45(38)68-25-23-56-51(66)70-53(7,8)9)29-40(41(59)13-12-21-54)57-48(63)33(3)27-44(62)47(35)58(10)49(64)36(20-22-55-50(65)69-52(4,5)6)31-43(61)37-17-14-32(2)26-42(37)60/h14-19,26,28,30,33,36,40,47,60H,11-13,20,22-25,27,29,31H2,1-10H3,(H,55,65)(H,56,66)(H,57,63)/t33-,36-,40+,47+/m1/s1. The van der Waals surface area contributed by atoms with Crippen molar-refractivity contribution in [2.45, 2.75) is 131 Å². The molecule has 0 saturated carbocycles. The van der Waals surface area contributed by atoms with Crippen LogP contribution in [0, 0.1) is 30.1 Å². The molecule has 4 amide bonds. The fraction of sp³-hybridized carbons (Fsp3) is 0.509. The molecule has 0 fully saturated rings. The molecule has 1 heterocycles. The smallest absolute Gasteiger partial charge is 0.407 e. The molecule has 4 atom stereocenters. The number of amides is 4. The molecule has 0 saturated heterocycles. The van der Waals surface area contributed by atoms with E-state index in [9.17, 15) is 43.9 Å². The van der Waals surface area contributed by atoms with Crippen molar-refractivity contribution < 1.29 is 57.6 Å². The van der Waals surface area contributed by atoms with E-state index in [1.165, 1.54) is 24.1 Å². The second-order valence-corrected chi connectivity index (χ2v) is 19.6. The fourth-order valence-electron chi connectivity index (χ4n) is 7.82. The number of ether oxygens (including phenoxy) is 4. The Hall–Kier alpha value is -6.96. The van der Waals surface area contributed by atoms with Crippen LogP contribution in [-0.4, -0.2) is 102 Å². The molecule has 0 spiro atoms. The van der Waals surface area contributed by atoms with Crippen molar-refractivity contribution >= 4 is 41.4 Å². The van der Waals surface area contributed by atoms with Crippen LogP contribution in [0.5, 0.6) is 17.2 Å². The van der Waals surface area contributed by atoms with Gasteiger partial charge in [-0.25, -0.2) is 9.59 Å². The molecule has 4 bridgehead atoms. The summed E-state index contributed by atoms with van der Waals surface area (Å²) in [6, 6.07) is 14.4. The summed E-state index contributed by atoms with van der Waals surface area (Å²) in [4.78, 5) is 97.7. The van der Waals surface area contributed by atoms with Gasteiger partial charge in [0.15, 0.2) is 17.3 Å². The number of benzene rings is 3. The number of nitrogens with one attached hydrogen (secondary N) is 3. The molecule has 1 aliphatic rings. The zero-order valence-corrected chi connectivity index (χ0v) is 42.1. The number of rotatable bonds is 18. The number of Topliss-reactive ketones (excluding diaryl/α,β-unsaturated/α-hetero) is 3. The van der Waals surface area contributed by atoms with Crippen molar-refractivity contribution in [1.82, 2.24) is 20.9 Å². The molecular formula is C53H69N5O12. The molecule has 0 unspecified atom stereocenters. The lowest BCUT2D eigenvalue weighted by atomic mass is 9.88. The predicted molar refractivity (Wildman–Crippen MR) is 261 cm³/mol. The minimum Gasteiger partial charge on any atom is -0.507 e. The SMILES string of the molecule is CCCOc1ccc2cc1-c1cc(ccc1OCCNC(=O)OC(C)(C)C)C[C@@H](C(=O)CCC#N)NC(=O)[C@H](C)CC(=O)[C@H]2N(C)C(=O)[C@H](CCNC(=O)OC(C)(C)C)CC(=O)c1ccc(C)cc1O. The highest BCUT2D eigenvalue weighted by molar-refractivity contribution is 6.01. The van der Waals surface area contributed by atoms with Gasteiger partial charge in [-0.3, -0.25) is 24.0 Å². The maximum absolute atomic E-state index is 15.0. The Kier molecular flexibility index (Phi) is 19.9. The number of likely N-dealkylation sites (N-methyl/N-ethyl adjacent to an activating group) is 1. The summed E-state index contributed by atoms with van der Waals surface area (Å²) in [6.45, 7) is 15.9. The lowest BCUT2D eigenvalue weighted by Gasteiger charge is -2.32. The van der Waals surface area contributed by atoms with Gasteiger partial charge in [0.1, 0.15) is 41.1 Å². The van der Waals surface area contributed by atoms with Gasteiger partial charge in [0.2, 0.25) is 11.8 Å². The maximum Gasteiger partial charge on any atom is 0.407 e. The number of fused-ring (bicyclic) bond motifs is 5. The van der Waals surface area contributed by atoms with Gasteiger partial charge < -0.3 is 44.9 Å². The number of aromatic hydroxyl groups is 1. The minimum atomic E-state index is -1.35. The number of carbonyl (C=O) groups excluding carboxylic acids is 7. The first-order chi connectivity index (χ1) is 32.9. The number of ketones is 3. The van der Waals surface area contributed by atoms with E-state index >= 15 is 0 Å². The Balaban J connectivity index is 1.88. The molecule has 17 heteroatoms. The van der Waals surface area contributed by atoms with E-state index in [2.05, 4.69) is 16.0 Å². The fourth-order valence-corrected chi connectivity index (χ4v) is 7.82. The zero-order valence-electron chi connectivity index (χ0n) is 42.1. The lowest BCUT2D eigenvalue weighted by Crippen LogP contribution is -2.46. The molecule has 1 aliphatic heterocycles. The largest absolute Gasteiger partial charge is 0.507 e. The lowest BCUT2D eigenvalue weighted by molar-refractivity contribution is -0.142. The van der Waals surface area contributed by atoms with Crippen molar-refractivity contribution in [3.63, 3.8) is 0 Å². The molecular weight excluding hydrogens is 899 g/mol. The van der Waals surface area contributed by atoms with Crippen LogP contribution in [0.15, 0.2) is 54.6 Å². The molecule has 4 N–H and O–H groups in total. The Morgan fingerprint density at radius 1 is 0.857 bits per heavy atom.